The van der Waals surface area contributed by atoms with E-state index in [0.717, 1.165) is 31.2 Å². The zero-order valence-electron chi connectivity index (χ0n) is 16.0. The second-order valence-electron chi connectivity index (χ2n) is 6.09. The van der Waals surface area contributed by atoms with Crippen LogP contribution in [0.1, 0.15) is 19.4 Å². The molecule has 162 valence electrons. The molecule has 3 N–H and O–H groups in total. The molecular formula is C18H18F3N3O5S. The molecule has 0 saturated heterocycles. The summed E-state index contributed by atoms with van der Waals surface area (Å²) in [4.78, 5) is 22.0. The Morgan fingerprint density at radius 1 is 0.933 bits per heavy atom. The van der Waals surface area contributed by atoms with Crippen molar-refractivity contribution < 1.29 is 35.9 Å². The van der Waals surface area contributed by atoms with Crippen molar-refractivity contribution in [2.75, 3.05) is 22.5 Å². The van der Waals surface area contributed by atoms with Gasteiger partial charge < -0.3 is 15.4 Å². The van der Waals surface area contributed by atoms with Gasteiger partial charge in [-0.15, -0.1) is 0 Å². The third-order valence-electron chi connectivity index (χ3n) is 3.68. The lowest BCUT2D eigenvalue weighted by atomic mass is 10.1. The maximum Gasteiger partial charge on any atom is 0.418 e. The number of amides is 2. The van der Waals surface area contributed by atoms with Gasteiger partial charge in [-0.1, -0.05) is 0 Å². The first-order valence-electron chi connectivity index (χ1n) is 8.31. The van der Waals surface area contributed by atoms with Crippen LogP contribution in [0.2, 0.25) is 0 Å². The van der Waals surface area contributed by atoms with E-state index in [1.165, 1.54) is 20.1 Å². The number of alkyl halides is 3. The molecule has 0 aliphatic heterocycles. The van der Waals surface area contributed by atoms with Crippen LogP contribution >= 0.6 is 0 Å². The molecule has 0 unspecified atom stereocenters. The Morgan fingerprint density at radius 3 is 2.10 bits per heavy atom. The van der Waals surface area contributed by atoms with E-state index in [0.29, 0.717) is 6.07 Å². The minimum atomic E-state index is -4.90. The minimum absolute atomic E-state index is 0.0323. The van der Waals surface area contributed by atoms with Gasteiger partial charge in [-0.25, -0.2) is 8.42 Å². The first kappa shape index (κ1) is 23.0. The Kier molecular flexibility index (Phi) is 6.60. The monoisotopic (exact) mass is 445 g/mol. The topological polar surface area (TPSA) is 114 Å². The second kappa shape index (κ2) is 8.61. The second-order valence-corrected chi connectivity index (χ2v) is 7.77. The van der Waals surface area contributed by atoms with Crippen LogP contribution < -0.4 is 20.1 Å². The molecule has 0 fully saturated rings. The predicted molar refractivity (Wildman–Crippen MR) is 104 cm³/mol. The van der Waals surface area contributed by atoms with Gasteiger partial charge >= 0.3 is 6.18 Å². The van der Waals surface area contributed by atoms with Gasteiger partial charge in [0.05, 0.1) is 28.9 Å². The Morgan fingerprint density at radius 2 is 1.57 bits per heavy atom. The van der Waals surface area contributed by atoms with Crippen molar-refractivity contribution >= 4 is 38.9 Å². The molecule has 0 aliphatic rings. The molecule has 0 bridgehead atoms. The maximum atomic E-state index is 13.4. The lowest BCUT2D eigenvalue weighted by molar-refractivity contribution is -0.137. The zero-order chi connectivity index (χ0) is 22.7. The Hall–Kier alpha value is -3.28. The van der Waals surface area contributed by atoms with Crippen molar-refractivity contribution in [3.63, 3.8) is 0 Å². The third kappa shape index (κ3) is 5.63. The van der Waals surface area contributed by atoms with Crippen molar-refractivity contribution in [3.05, 3.63) is 42.0 Å². The number of anilines is 3. The standard InChI is InChI=1S/C18H18F3N3O5S/c1-10(25)22-12-4-6-15(14(8-12)18(19,20)21)24-30(27,28)13-5-7-17(29-3)16(9-13)23-11(2)26/h4-9,24H,1-3H3,(H,22,25)(H,23,26). The Balaban J connectivity index is 2.48. The molecule has 0 radical (unpaired) electrons. The van der Waals surface area contributed by atoms with Crippen LogP contribution in [0, 0.1) is 0 Å². The molecule has 0 saturated carbocycles. The number of nitrogens with one attached hydrogen (secondary N) is 3. The molecule has 0 spiro atoms. The summed E-state index contributed by atoms with van der Waals surface area (Å²) in [5, 5.41) is 4.59. The fourth-order valence-corrected chi connectivity index (χ4v) is 3.60. The number of ether oxygens (including phenoxy) is 1. The highest BCUT2D eigenvalue weighted by molar-refractivity contribution is 7.92. The normalized spacial score (nSPS) is 11.5. The zero-order valence-corrected chi connectivity index (χ0v) is 16.9. The number of carbonyl (C=O) groups excluding carboxylic acids is 2. The molecule has 0 heterocycles. The van der Waals surface area contributed by atoms with Crippen molar-refractivity contribution in [3.8, 4) is 5.75 Å². The van der Waals surface area contributed by atoms with E-state index in [-0.39, 0.29) is 17.1 Å². The highest BCUT2D eigenvalue weighted by atomic mass is 32.2. The van der Waals surface area contributed by atoms with Crippen LogP contribution in [0.5, 0.6) is 5.75 Å². The number of rotatable bonds is 6. The van der Waals surface area contributed by atoms with E-state index < -0.39 is 44.2 Å². The average molecular weight is 445 g/mol. The van der Waals surface area contributed by atoms with Gasteiger partial charge in [-0.05, 0) is 36.4 Å². The molecule has 0 aromatic heterocycles. The summed E-state index contributed by atoms with van der Waals surface area (Å²) in [6, 6.07) is 6.07. The summed E-state index contributed by atoms with van der Waals surface area (Å²) in [5.41, 5.74) is -2.12. The molecule has 2 rings (SSSR count). The number of hydrogen-bond acceptors (Lipinski definition) is 5. The lowest BCUT2D eigenvalue weighted by Crippen LogP contribution is -2.18. The molecule has 30 heavy (non-hydrogen) atoms. The molecule has 0 atom stereocenters. The predicted octanol–water partition coefficient (Wildman–Crippen LogP) is 3.43. The third-order valence-corrected chi connectivity index (χ3v) is 5.04. The number of sulfonamides is 1. The molecule has 2 aromatic carbocycles. The number of methoxy groups -OCH3 is 1. The molecule has 0 aliphatic carbocycles. The van der Waals surface area contributed by atoms with Crippen LogP contribution in [0.3, 0.4) is 0 Å². The Labute approximate surface area is 170 Å². The highest BCUT2D eigenvalue weighted by Crippen LogP contribution is 2.38. The Bertz CT molecular complexity index is 1080. The highest BCUT2D eigenvalue weighted by Gasteiger charge is 2.35. The van der Waals surface area contributed by atoms with Gasteiger partial charge in [0.1, 0.15) is 5.75 Å². The molecule has 12 heteroatoms. The number of benzene rings is 2. The van der Waals surface area contributed by atoms with Crippen molar-refractivity contribution in [2.24, 2.45) is 0 Å². The smallest absolute Gasteiger partial charge is 0.418 e. The quantitative estimate of drug-likeness (QED) is 0.631. The number of halogens is 3. The summed E-state index contributed by atoms with van der Waals surface area (Å²) < 4.78 is 72.6. The maximum absolute atomic E-state index is 13.4. The van der Waals surface area contributed by atoms with E-state index in [1.807, 2.05) is 4.72 Å². The number of hydrogen-bond donors (Lipinski definition) is 3. The first-order valence-corrected chi connectivity index (χ1v) is 9.79. The van der Waals surface area contributed by atoms with E-state index in [4.69, 9.17) is 4.74 Å². The fraction of sp³-hybridized carbons (Fsp3) is 0.222. The SMILES string of the molecule is COc1ccc(S(=O)(=O)Nc2ccc(NC(C)=O)cc2C(F)(F)F)cc1NC(C)=O. The summed E-state index contributed by atoms with van der Waals surface area (Å²) in [5.74, 6) is -0.913. The fourth-order valence-electron chi connectivity index (χ4n) is 2.49. The van der Waals surface area contributed by atoms with Gasteiger partial charge in [0.2, 0.25) is 11.8 Å². The molecule has 2 amide bonds. The van der Waals surface area contributed by atoms with E-state index in [1.54, 1.807) is 0 Å². The summed E-state index contributed by atoms with van der Waals surface area (Å²) in [6.45, 7) is 2.32. The van der Waals surface area contributed by atoms with E-state index >= 15 is 0 Å². The van der Waals surface area contributed by atoms with Crippen molar-refractivity contribution in [2.45, 2.75) is 24.9 Å². The van der Waals surface area contributed by atoms with Gasteiger partial charge in [0.15, 0.2) is 0 Å². The van der Waals surface area contributed by atoms with Crippen LogP contribution in [0.25, 0.3) is 0 Å². The van der Waals surface area contributed by atoms with Crippen LogP contribution in [0.4, 0.5) is 30.2 Å². The van der Waals surface area contributed by atoms with Crippen LogP contribution in [-0.4, -0.2) is 27.3 Å². The van der Waals surface area contributed by atoms with Gasteiger partial charge in [-0.3, -0.25) is 14.3 Å². The van der Waals surface area contributed by atoms with Crippen molar-refractivity contribution in [1.29, 1.82) is 0 Å². The van der Waals surface area contributed by atoms with E-state index in [2.05, 4.69) is 10.6 Å². The summed E-state index contributed by atoms with van der Waals surface area (Å²) in [6.07, 6.45) is -4.90. The van der Waals surface area contributed by atoms with E-state index in [9.17, 15) is 31.2 Å². The molecule has 2 aromatic rings. The largest absolute Gasteiger partial charge is 0.495 e. The van der Waals surface area contributed by atoms with Crippen molar-refractivity contribution in [1.82, 2.24) is 0 Å². The first-order chi connectivity index (χ1) is 13.8. The minimum Gasteiger partial charge on any atom is -0.495 e. The van der Waals surface area contributed by atoms with Crippen LogP contribution in [-0.2, 0) is 25.8 Å². The van der Waals surface area contributed by atoms with Crippen LogP contribution in [0.15, 0.2) is 41.3 Å². The molecule has 8 nitrogen and oxygen atoms in total. The summed E-state index contributed by atoms with van der Waals surface area (Å²) in [7, 11) is -3.15. The molecular weight excluding hydrogens is 427 g/mol. The lowest BCUT2D eigenvalue weighted by Gasteiger charge is -2.17. The number of carbonyl (C=O) groups is 2. The van der Waals surface area contributed by atoms with Gasteiger partial charge in [0.25, 0.3) is 10.0 Å². The van der Waals surface area contributed by atoms with Gasteiger partial charge in [0, 0.05) is 19.5 Å². The summed E-state index contributed by atoms with van der Waals surface area (Å²) >= 11 is 0. The average Bonchev–Trinajstić information content (AvgIpc) is 2.61. The van der Waals surface area contributed by atoms with Gasteiger partial charge in [-0.2, -0.15) is 13.2 Å².